The topological polar surface area (TPSA) is 90.2 Å². The number of para-hydroxylation sites is 1. The highest BCUT2D eigenvalue weighted by molar-refractivity contribution is 5.80. The van der Waals surface area contributed by atoms with Gasteiger partial charge in [-0.3, -0.25) is 15.0 Å². The first-order valence-electron chi connectivity index (χ1n) is 9.82. The number of nitro benzene ring substituents is 1. The number of carbonyl (C=O) groups is 1. The molecular weight excluding hydrogens is 372 g/mol. The molecule has 1 N–H and O–H groups in total. The van der Waals surface area contributed by atoms with Crippen molar-refractivity contribution in [2.45, 2.75) is 18.5 Å². The van der Waals surface area contributed by atoms with Crippen molar-refractivity contribution in [1.82, 2.24) is 4.90 Å². The van der Waals surface area contributed by atoms with Crippen LogP contribution in [0.4, 0.5) is 17.1 Å². The number of piperazine rings is 1. The maximum absolute atomic E-state index is 12.1. The van der Waals surface area contributed by atoms with Gasteiger partial charge in [-0.1, -0.05) is 18.2 Å². The molecule has 2 aromatic carbocycles. The maximum atomic E-state index is 12.1. The second-order valence-corrected chi connectivity index (χ2v) is 7.46. The number of rotatable bonds is 5. The van der Waals surface area contributed by atoms with Crippen molar-refractivity contribution in [3.05, 3.63) is 64.7 Å². The average Bonchev–Trinajstić information content (AvgIpc) is 3.20. The molecule has 0 radical (unpaired) electrons. The number of benzene rings is 2. The lowest BCUT2D eigenvalue weighted by molar-refractivity contribution is -0.384. The fourth-order valence-corrected chi connectivity index (χ4v) is 4.46. The van der Waals surface area contributed by atoms with Gasteiger partial charge < -0.3 is 14.9 Å². The zero-order chi connectivity index (χ0) is 20.4. The van der Waals surface area contributed by atoms with E-state index in [0.29, 0.717) is 0 Å². The van der Waals surface area contributed by atoms with Crippen LogP contribution in [0.25, 0.3) is 0 Å². The number of carboxylic acids is 1. The predicted molar refractivity (Wildman–Crippen MR) is 110 cm³/mol. The van der Waals surface area contributed by atoms with Gasteiger partial charge in [-0.25, -0.2) is 4.79 Å². The zero-order valence-corrected chi connectivity index (χ0v) is 16.1. The lowest BCUT2D eigenvalue weighted by Crippen LogP contribution is -2.56. The predicted octanol–water partition coefficient (Wildman–Crippen LogP) is 2.45. The van der Waals surface area contributed by atoms with Gasteiger partial charge in [0, 0.05) is 62.3 Å². The molecule has 29 heavy (non-hydrogen) atoms. The zero-order valence-electron chi connectivity index (χ0n) is 16.1. The molecular formula is C21H24N4O4. The average molecular weight is 396 g/mol. The van der Waals surface area contributed by atoms with Crippen LogP contribution < -0.4 is 9.80 Å². The largest absolute Gasteiger partial charge is 0.480 e. The van der Waals surface area contributed by atoms with Gasteiger partial charge in [0.15, 0.2) is 0 Å². The fraction of sp³-hybridized carbons (Fsp3) is 0.381. The van der Waals surface area contributed by atoms with Gasteiger partial charge in [-0.2, -0.15) is 0 Å². The molecule has 0 aromatic heterocycles. The molecule has 8 nitrogen and oxygen atoms in total. The first-order chi connectivity index (χ1) is 14.0. The molecule has 2 fully saturated rings. The summed E-state index contributed by atoms with van der Waals surface area (Å²) in [6.07, 6.45) is 0.823. The Morgan fingerprint density at radius 1 is 0.931 bits per heavy atom. The van der Waals surface area contributed by atoms with Gasteiger partial charge in [0.05, 0.1) is 4.92 Å². The van der Waals surface area contributed by atoms with E-state index >= 15 is 0 Å². The van der Waals surface area contributed by atoms with E-state index in [1.807, 2.05) is 35.2 Å². The van der Waals surface area contributed by atoms with Crippen molar-refractivity contribution in [3.8, 4) is 0 Å². The quantitative estimate of drug-likeness (QED) is 0.613. The highest BCUT2D eigenvalue weighted by Gasteiger charge is 2.43. The van der Waals surface area contributed by atoms with Gasteiger partial charge in [0.1, 0.15) is 6.04 Å². The summed E-state index contributed by atoms with van der Waals surface area (Å²) in [6, 6.07) is 15.8. The van der Waals surface area contributed by atoms with Crippen molar-refractivity contribution < 1.29 is 14.8 Å². The molecule has 0 bridgehead atoms. The summed E-state index contributed by atoms with van der Waals surface area (Å²) >= 11 is 0. The molecule has 2 heterocycles. The van der Waals surface area contributed by atoms with Crippen molar-refractivity contribution in [3.63, 3.8) is 0 Å². The van der Waals surface area contributed by atoms with Crippen molar-refractivity contribution in [1.29, 1.82) is 0 Å². The van der Waals surface area contributed by atoms with E-state index in [1.54, 1.807) is 12.1 Å². The number of carboxylic acid groups (broad SMARTS) is 1. The SMILES string of the molecule is O=C(O)[C@@H]1C(N2CCN(c3ccc([N+](=O)[O-])cc3)CC2)CCN1c1ccccc1. The second-order valence-electron chi connectivity index (χ2n) is 7.46. The summed E-state index contributed by atoms with van der Waals surface area (Å²) < 4.78 is 0. The lowest BCUT2D eigenvalue weighted by Gasteiger charge is -2.40. The monoisotopic (exact) mass is 396 g/mol. The minimum atomic E-state index is -0.783. The third kappa shape index (κ3) is 3.88. The molecule has 8 heteroatoms. The highest BCUT2D eigenvalue weighted by Crippen LogP contribution is 2.30. The molecule has 0 aliphatic carbocycles. The summed E-state index contributed by atoms with van der Waals surface area (Å²) in [5.74, 6) is -0.783. The number of nitrogens with zero attached hydrogens (tertiary/aromatic N) is 4. The Balaban J connectivity index is 1.42. The molecule has 2 aromatic rings. The van der Waals surface area contributed by atoms with Crippen LogP contribution in [0.1, 0.15) is 6.42 Å². The molecule has 2 aliphatic rings. The Bertz CT molecular complexity index is 866. The number of hydrogen-bond acceptors (Lipinski definition) is 6. The van der Waals surface area contributed by atoms with E-state index in [4.69, 9.17) is 0 Å². The van der Waals surface area contributed by atoms with Gasteiger partial charge in [-0.05, 0) is 30.7 Å². The standard InChI is InChI=1S/C21H24N4O4/c26-21(27)20-19(10-11-24(20)17-4-2-1-3-5-17)23-14-12-22(13-15-23)16-6-8-18(9-7-16)25(28)29/h1-9,19-20H,10-15H2,(H,26,27)/t19?,20-/m0/s1. The normalized spacial score (nSPS) is 22.6. The van der Waals surface area contributed by atoms with Crippen molar-refractivity contribution in [2.75, 3.05) is 42.5 Å². The van der Waals surface area contributed by atoms with Crippen LogP contribution >= 0.6 is 0 Å². The van der Waals surface area contributed by atoms with Crippen LogP contribution in [0, 0.1) is 10.1 Å². The first-order valence-corrected chi connectivity index (χ1v) is 9.82. The minimum absolute atomic E-state index is 0.0216. The minimum Gasteiger partial charge on any atom is -0.480 e. The molecule has 2 atom stereocenters. The van der Waals surface area contributed by atoms with E-state index in [0.717, 1.165) is 50.5 Å². The molecule has 2 aliphatic heterocycles. The van der Waals surface area contributed by atoms with E-state index in [-0.39, 0.29) is 11.7 Å². The Morgan fingerprint density at radius 2 is 1.59 bits per heavy atom. The van der Waals surface area contributed by atoms with Gasteiger partial charge >= 0.3 is 5.97 Å². The van der Waals surface area contributed by atoms with E-state index in [2.05, 4.69) is 9.80 Å². The van der Waals surface area contributed by atoms with Crippen LogP contribution in [-0.4, -0.2) is 65.7 Å². The second kappa shape index (κ2) is 8.08. The van der Waals surface area contributed by atoms with Crippen LogP contribution in [0.5, 0.6) is 0 Å². The Kier molecular flexibility index (Phi) is 5.35. The summed E-state index contributed by atoms with van der Waals surface area (Å²) in [7, 11) is 0. The van der Waals surface area contributed by atoms with Gasteiger partial charge in [0.25, 0.3) is 5.69 Å². The molecule has 152 valence electrons. The van der Waals surface area contributed by atoms with E-state index < -0.39 is 16.9 Å². The molecule has 0 amide bonds. The fourth-order valence-electron chi connectivity index (χ4n) is 4.46. The Labute approximate surface area is 169 Å². The third-order valence-corrected chi connectivity index (χ3v) is 5.92. The number of non-ortho nitro benzene ring substituents is 1. The van der Waals surface area contributed by atoms with Crippen molar-refractivity contribution in [2.24, 2.45) is 0 Å². The molecule has 1 unspecified atom stereocenters. The maximum Gasteiger partial charge on any atom is 0.327 e. The number of hydrogen-bond donors (Lipinski definition) is 1. The number of nitro groups is 1. The van der Waals surface area contributed by atoms with E-state index in [9.17, 15) is 20.0 Å². The van der Waals surface area contributed by atoms with Crippen LogP contribution in [0.15, 0.2) is 54.6 Å². The number of anilines is 2. The summed E-state index contributed by atoms with van der Waals surface area (Å²) in [5.41, 5.74) is 2.00. The third-order valence-electron chi connectivity index (χ3n) is 5.92. The van der Waals surface area contributed by atoms with Gasteiger partial charge in [-0.15, -0.1) is 0 Å². The van der Waals surface area contributed by atoms with E-state index in [1.165, 1.54) is 12.1 Å². The van der Waals surface area contributed by atoms with Crippen molar-refractivity contribution >= 4 is 23.0 Å². The molecule has 0 saturated carbocycles. The van der Waals surface area contributed by atoms with Crippen LogP contribution in [0.2, 0.25) is 0 Å². The first kappa shape index (κ1) is 19.2. The smallest absolute Gasteiger partial charge is 0.327 e. The molecule has 0 spiro atoms. The summed E-state index contributed by atoms with van der Waals surface area (Å²) in [6.45, 7) is 3.81. The molecule has 4 rings (SSSR count). The van der Waals surface area contributed by atoms with Gasteiger partial charge in [0.2, 0.25) is 0 Å². The molecule has 2 saturated heterocycles. The Hall–Kier alpha value is -3.13. The van der Waals surface area contributed by atoms with Crippen LogP contribution in [0.3, 0.4) is 0 Å². The lowest BCUT2D eigenvalue weighted by atomic mass is 10.1. The Morgan fingerprint density at radius 3 is 2.17 bits per heavy atom. The highest BCUT2D eigenvalue weighted by atomic mass is 16.6. The van der Waals surface area contributed by atoms with Crippen LogP contribution in [-0.2, 0) is 4.79 Å². The summed E-state index contributed by atoms with van der Waals surface area (Å²) in [5, 5.41) is 20.7. The summed E-state index contributed by atoms with van der Waals surface area (Å²) in [4.78, 5) is 29.0. The number of aliphatic carboxylic acids is 1.